The molecule has 0 aliphatic carbocycles. The van der Waals surface area contributed by atoms with Crippen molar-refractivity contribution in [2.24, 2.45) is 5.18 Å². The van der Waals surface area contributed by atoms with Crippen LogP contribution < -0.4 is 4.74 Å². The summed E-state index contributed by atoms with van der Waals surface area (Å²) in [6.45, 7) is 3.63. The normalized spacial score (nSPS) is 11.2. The van der Waals surface area contributed by atoms with Gasteiger partial charge in [-0.25, -0.2) is 0 Å². The molecule has 0 heterocycles. The van der Waals surface area contributed by atoms with E-state index in [9.17, 15) is 4.91 Å². The lowest BCUT2D eigenvalue weighted by atomic mass is 10.1. The number of halogens is 1. The molecule has 3 nitrogen and oxygen atoms in total. The molecule has 1 aromatic rings. The highest BCUT2D eigenvalue weighted by atomic mass is 79.9. The monoisotopic (exact) mass is 303 g/mol. The molecule has 16 heavy (non-hydrogen) atoms. The molecular formula is C11H14BrNO2S. The summed E-state index contributed by atoms with van der Waals surface area (Å²) in [5.74, 6) is 1.44. The van der Waals surface area contributed by atoms with E-state index in [-0.39, 0.29) is 0 Å². The summed E-state index contributed by atoms with van der Waals surface area (Å²) >= 11 is 4.98. The number of rotatable bonds is 5. The fourth-order valence-corrected chi connectivity index (χ4v) is 2.62. The molecule has 88 valence electrons. The molecule has 0 spiro atoms. The number of nitroso groups, excluding NO2 is 1. The largest absolute Gasteiger partial charge is 0.496 e. The molecule has 0 saturated heterocycles. The number of methoxy groups -OCH3 is 1. The summed E-state index contributed by atoms with van der Waals surface area (Å²) < 4.78 is 6.24. The van der Waals surface area contributed by atoms with Crippen molar-refractivity contribution in [1.82, 2.24) is 0 Å². The summed E-state index contributed by atoms with van der Waals surface area (Å²) in [7, 11) is 1.64. The summed E-state index contributed by atoms with van der Waals surface area (Å²) in [4.78, 5) is 11.6. The molecule has 0 radical (unpaired) electrons. The van der Waals surface area contributed by atoms with E-state index in [1.807, 2.05) is 32.0 Å². The lowest BCUT2D eigenvalue weighted by Gasteiger charge is -2.15. The molecule has 0 unspecified atom stereocenters. The lowest BCUT2D eigenvalue weighted by Crippen LogP contribution is -2.18. The Morgan fingerprint density at radius 3 is 2.75 bits per heavy atom. The van der Waals surface area contributed by atoms with Gasteiger partial charge in [-0.1, -0.05) is 21.1 Å². The van der Waals surface area contributed by atoms with Crippen LogP contribution in [-0.2, 0) is 0 Å². The second-order valence-electron chi connectivity index (χ2n) is 3.99. The van der Waals surface area contributed by atoms with Gasteiger partial charge in [-0.2, -0.15) is 4.91 Å². The zero-order valence-corrected chi connectivity index (χ0v) is 11.9. The van der Waals surface area contributed by atoms with E-state index in [1.165, 1.54) is 0 Å². The van der Waals surface area contributed by atoms with Crippen LogP contribution in [0.5, 0.6) is 5.75 Å². The van der Waals surface area contributed by atoms with Crippen LogP contribution in [0.25, 0.3) is 0 Å². The predicted molar refractivity (Wildman–Crippen MR) is 71.3 cm³/mol. The van der Waals surface area contributed by atoms with E-state index < -0.39 is 5.54 Å². The Hall–Kier alpha value is -0.550. The van der Waals surface area contributed by atoms with Crippen molar-refractivity contribution in [2.45, 2.75) is 24.3 Å². The van der Waals surface area contributed by atoms with E-state index in [1.54, 1.807) is 18.9 Å². The SMILES string of the molecule is COc1ccc(Br)cc1SCC(C)(C)N=O. The Balaban J connectivity index is 2.80. The standard InChI is InChI=1S/C11H14BrNO2S/c1-11(2,13-14)7-16-10-6-8(12)4-5-9(10)15-3/h4-6H,7H2,1-3H3. The molecule has 0 fully saturated rings. The first-order chi connectivity index (χ1) is 7.48. The van der Waals surface area contributed by atoms with Crippen molar-refractivity contribution in [3.63, 3.8) is 0 Å². The van der Waals surface area contributed by atoms with Crippen LogP contribution in [0.1, 0.15) is 13.8 Å². The molecule has 5 heteroatoms. The molecule has 0 atom stereocenters. The zero-order valence-electron chi connectivity index (χ0n) is 9.49. The van der Waals surface area contributed by atoms with Crippen molar-refractivity contribution in [1.29, 1.82) is 0 Å². The number of nitrogens with zero attached hydrogens (tertiary/aromatic N) is 1. The molecular weight excluding hydrogens is 290 g/mol. The van der Waals surface area contributed by atoms with Gasteiger partial charge in [0.2, 0.25) is 0 Å². The number of thioether (sulfide) groups is 1. The molecule has 0 bridgehead atoms. The Morgan fingerprint density at radius 2 is 2.19 bits per heavy atom. The molecule has 0 N–H and O–H groups in total. The lowest BCUT2D eigenvalue weighted by molar-refractivity contribution is 0.404. The van der Waals surface area contributed by atoms with E-state index in [4.69, 9.17) is 4.74 Å². The second-order valence-corrected chi connectivity index (χ2v) is 5.92. The molecule has 0 saturated carbocycles. The predicted octanol–water partition coefficient (Wildman–Crippen LogP) is 4.09. The first kappa shape index (κ1) is 13.5. The van der Waals surface area contributed by atoms with Crippen LogP contribution in [0.3, 0.4) is 0 Å². The van der Waals surface area contributed by atoms with Gasteiger partial charge in [0.1, 0.15) is 11.3 Å². The third-order valence-corrected chi connectivity index (χ3v) is 3.93. The van der Waals surface area contributed by atoms with E-state index >= 15 is 0 Å². The van der Waals surface area contributed by atoms with Crippen LogP contribution in [0.2, 0.25) is 0 Å². The Labute approximate surface area is 108 Å². The maximum absolute atomic E-state index is 10.6. The highest BCUT2D eigenvalue weighted by molar-refractivity contribution is 9.10. The quantitative estimate of drug-likeness (QED) is 0.607. The smallest absolute Gasteiger partial charge is 0.132 e. The molecule has 0 aliphatic heterocycles. The van der Waals surface area contributed by atoms with Crippen molar-refractivity contribution >= 4 is 27.7 Å². The second kappa shape index (κ2) is 5.68. The average Bonchev–Trinajstić information content (AvgIpc) is 2.27. The molecule has 1 aromatic carbocycles. The number of ether oxygens (including phenoxy) is 1. The number of hydrogen-bond acceptors (Lipinski definition) is 4. The summed E-state index contributed by atoms with van der Waals surface area (Å²) in [5, 5.41) is 3.09. The van der Waals surface area contributed by atoms with Gasteiger partial charge in [-0.05, 0) is 32.0 Å². The summed E-state index contributed by atoms with van der Waals surface area (Å²) in [5.41, 5.74) is -0.558. The Morgan fingerprint density at radius 1 is 1.50 bits per heavy atom. The van der Waals surface area contributed by atoms with Gasteiger partial charge in [0.05, 0.1) is 12.0 Å². The highest BCUT2D eigenvalue weighted by Gasteiger charge is 2.19. The molecule has 0 amide bonds. The fourth-order valence-electron chi connectivity index (χ4n) is 1.04. The van der Waals surface area contributed by atoms with Crippen LogP contribution in [0, 0.1) is 4.91 Å². The third kappa shape index (κ3) is 3.79. The fraction of sp³-hybridized carbons (Fsp3) is 0.455. The highest BCUT2D eigenvalue weighted by Crippen LogP contribution is 2.34. The minimum absolute atomic E-state index is 0.558. The summed E-state index contributed by atoms with van der Waals surface area (Å²) in [6, 6.07) is 5.80. The van der Waals surface area contributed by atoms with Crippen molar-refractivity contribution in [2.75, 3.05) is 12.9 Å². The molecule has 0 aliphatic rings. The first-order valence-corrected chi connectivity index (χ1v) is 6.57. The van der Waals surface area contributed by atoms with Crippen molar-refractivity contribution in [3.8, 4) is 5.75 Å². The van der Waals surface area contributed by atoms with Gasteiger partial charge in [0.25, 0.3) is 0 Å². The van der Waals surface area contributed by atoms with Crippen LogP contribution >= 0.6 is 27.7 Å². The minimum Gasteiger partial charge on any atom is -0.496 e. The van der Waals surface area contributed by atoms with Gasteiger partial charge in [0.15, 0.2) is 0 Å². The van der Waals surface area contributed by atoms with Gasteiger partial charge >= 0.3 is 0 Å². The first-order valence-electron chi connectivity index (χ1n) is 4.79. The molecule has 1 rings (SSSR count). The summed E-state index contributed by atoms with van der Waals surface area (Å²) in [6.07, 6.45) is 0. The Kier molecular flexibility index (Phi) is 4.80. The maximum Gasteiger partial charge on any atom is 0.132 e. The van der Waals surface area contributed by atoms with Gasteiger partial charge in [-0.15, -0.1) is 11.8 Å². The topological polar surface area (TPSA) is 38.7 Å². The molecule has 0 aromatic heterocycles. The third-order valence-electron chi connectivity index (χ3n) is 1.95. The number of benzene rings is 1. The minimum atomic E-state index is -0.558. The zero-order chi connectivity index (χ0) is 12.2. The van der Waals surface area contributed by atoms with Crippen LogP contribution in [0.15, 0.2) is 32.7 Å². The van der Waals surface area contributed by atoms with E-state index in [0.29, 0.717) is 5.75 Å². The van der Waals surface area contributed by atoms with Crippen molar-refractivity contribution in [3.05, 3.63) is 27.6 Å². The van der Waals surface area contributed by atoms with Crippen molar-refractivity contribution < 1.29 is 4.74 Å². The maximum atomic E-state index is 10.6. The van der Waals surface area contributed by atoms with Crippen LogP contribution in [-0.4, -0.2) is 18.4 Å². The Bertz CT molecular complexity index is 382. The number of hydrogen-bond donors (Lipinski definition) is 0. The van der Waals surface area contributed by atoms with Gasteiger partial charge < -0.3 is 4.74 Å². The van der Waals surface area contributed by atoms with E-state index in [2.05, 4.69) is 21.1 Å². The van der Waals surface area contributed by atoms with E-state index in [0.717, 1.165) is 15.1 Å². The van der Waals surface area contributed by atoms with Gasteiger partial charge in [0, 0.05) is 10.2 Å². The average molecular weight is 304 g/mol. The van der Waals surface area contributed by atoms with Gasteiger partial charge in [-0.3, -0.25) is 0 Å². The van der Waals surface area contributed by atoms with Crippen LogP contribution in [0.4, 0.5) is 0 Å².